The summed E-state index contributed by atoms with van der Waals surface area (Å²) in [4.78, 5) is 59.2. The molecule has 7 heterocycles. The Hall–Kier alpha value is -5.74. The number of aromatic nitrogens is 4. The predicted octanol–water partition coefficient (Wildman–Crippen LogP) is 5.35. The molecule has 16 heteroatoms. The van der Waals surface area contributed by atoms with Crippen molar-refractivity contribution in [3.05, 3.63) is 71.3 Å². The van der Waals surface area contributed by atoms with Gasteiger partial charge < -0.3 is 50.6 Å². The summed E-state index contributed by atoms with van der Waals surface area (Å²) in [5.74, 6) is 1.21. The lowest BCUT2D eigenvalue weighted by molar-refractivity contribution is -0.128. The van der Waals surface area contributed by atoms with Gasteiger partial charge in [0.15, 0.2) is 17.1 Å². The third kappa shape index (κ3) is 7.64. The number of rotatable bonds is 10. The molecule has 5 aromatic rings. The van der Waals surface area contributed by atoms with Crippen molar-refractivity contribution in [2.75, 3.05) is 63.1 Å². The van der Waals surface area contributed by atoms with Crippen LogP contribution < -0.4 is 21.3 Å². The molecule has 10 rings (SSSR count). The number of likely N-dealkylation sites (tertiary alicyclic amines) is 1. The molecule has 5 aliphatic rings. The largest absolute Gasteiger partial charge is 0.374 e. The number of H-pyrrole nitrogens is 1. The van der Waals surface area contributed by atoms with E-state index in [0.717, 1.165) is 105 Å². The van der Waals surface area contributed by atoms with Crippen LogP contribution in [0.2, 0.25) is 0 Å². The van der Waals surface area contributed by atoms with E-state index in [-0.39, 0.29) is 23.7 Å². The molecule has 61 heavy (non-hydrogen) atoms. The molecule has 4 aliphatic heterocycles. The van der Waals surface area contributed by atoms with Crippen LogP contribution >= 0.6 is 0 Å². The number of likely N-dealkylation sites (N-methyl/N-ethyl adjacent to an activating group) is 1. The number of hydrogen-bond acceptors (Lipinski definition) is 11. The highest BCUT2D eigenvalue weighted by atomic mass is 16.5. The summed E-state index contributed by atoms with van der Waals surface area (Å²) >= 11 is 0. The summed E-state index contributed by atoms with van der Waals surface area (Å²) in [6, 6.07) is 12.8. The summed E-state index contributed by atoms with van der Waals surface area (Å²) in [5.41, 5.74) is 11.7. The number of primary amides is 1. The molecular formula is C45H55N11O5. The molecule has 320 valence electrons. The van der Waals surface area contributed by atoms with Crippen LogP contribution in [-0.2, 0) is 4.79 Å². The van der Waals surface area contributed by atoms with Gasteiger partial charge in [-0.05, 0) is 124 Å². The Morgan fingerprint density at radius 2 is 1.82 bits per heavy atom. The molecule has 0 spiro atoms. The van der Waals surface area contributed by atoms with Gasteiger partial charge in [-0.3, -0.25) is 9.59 Å². The average Bonchev–Trinajstić information content (AvgIpc) is 4.09. The molecule has 1 saturated carbocycles. The van der Waals surface area contributed by atoms with Gasteiger partial charge in [0, 0.05) is 62.6 Å². The van der Waals surface area contributed by atoms with E-state index in [1.165, 1.54) is 17.5 Å². The highest BCUT2D eigenvalue weighted by molar-refractivity contribution is 6.09. The fraction of sp³-hybridized carbons (Fsp3) is 0.511. The number of fused-ring (bicyclic) bond motifs is 3. The summed E-state index contributed by atoms with van der Waals surface area (Å²) in [6.45, 7) is 6.16. The third-order valence-corrected chi connectivity index (χ3v) is 14.2. The van der Waals surface area contributed by atoms with Gasteiger partial charge in [0.1, 0.15) is 17.7 Å². The zero-order chi connectivity index (χ0) is 41.8. The highest BCUT2D eigenvalue weighted by Gasteiger charge is 2.37. The molecule has 0 radical (unpaired) electrons. The second-order valence-corrected chi connectivity index (χ2v) is 18.0. The molecular weight excluding hydrogens is 775 g/mol. The number of nitrogens with zero attached hydrogens (tertiary/aromatic N) is 7. The third-order valence-electron chi connectivity index (χ3n) is 14.2. The van der Waals surface area contributed by atoms with Gasteiger partial charge in [0.25, 0.3) is 5.91 Å². The Morgan fingerprint density at radius 1 is 0.984 bits per heavy atom. The highest BCUT2D eigenvalue weighted by Crippen LogP contribution is 2.45. The second-order valence-electron chi connectivity index (χ2n) is 18.0. The monoisotopic (exact) mass is 829 g/mol. The Morgan fingerprint density at radius 3 is 2.59 bits per heavy atom. The molecule has 2 aromatic carbocycles. The number of aromatic amines is 1. The zero-order valence-corrected chi connectivity index (χ0v) is 34.7. The van der Waals surface area contributed by atoms with E-state index in [9.17, 15) is 19.5 Å². The first-order valence-electron chi connectivity index (χ1n) is 22.1. The SMILES string of the molecule is CN1CCN([C@@H]2CCCN(c3cnc(C(N)=O)c(Nc4ccc(C5CCN(CC6CCC(c7cc8onc(C9CCC(O)NC9=O)c8c8cc[nH]c78)C6)CC5)cc4)n3)C2)C1=O. The van der Waals surface area contributed by atoms with Crippen LogP contribution in [0, 0.1) is 5.92 Å². The molecule has 4 saturated heterocycles. The summed E-state index contributed by atoms with van der Waals surface area (Å²) < 4.78 is 5.89. The van der Waals surface area contributed by atoms with Crippen LogP contribution in [0.15, 0.2) is 53.3 Å². The molecule has 16 nitrogen and oxygen atoms in total. The van der Waals surface area contributed by atoms with Crippen LogP contribution in [0.4, 0.5) is 22.1 Å². The maximum Gasteiger partial charge on any atom is 0.320 e. The molecule has 4 unspecified atom stereocenters. The molecule has 6 N–H and O–H groups in total. The second kappa shape index (κ2) is 16.3. The Balaban J connectivity index is 0.745. The number of aliphatic hydroxyl groups is 1. The normalized spacial score (nSPS) is 25.5. The molecule has 0 bridgehead atoms. The first kappa shape index (κ1) is 39.4. The van der Waals surface area contributed by atoms with Crippen molar-refractivity contribution < 1.29 is 24.0 Å². The van der Waals surface area contributed by atoms with Crippen LogP contribution in [-0.4, -0.2) is 123 Å². The maximum atomic E-state index is 12.8. The van der Waals surface area contributed by atoms with E-state index in [1.807, 2.05) is 30.3 Å². The minimum Gasteiger partial charge on any atom is -0.374 e. The summed E-state index contributed by atoms with van der Waals surface area (Å²) in [7, 11) is 1.84. The van der Waals surface area contributed by atoms with Gasteiger partial charge in [0.05, 0.1) is 23.5 Å². The maximum absolute atomic E-state index is 12.8. The molecule has 5 atom stereocenters. The van der Waals surface area contributed by atoms with Gasteiger partial charge in [-0.25, -0.2) is 14.8 Å². The number of amides is 4. The van der Waals surface area contributed by atoms with Gasteiger partial charge in [-0.2, -0.15) is 0 Å². The van der Waals surface area contributed by atoms with E-state index < -0.39 is 18.1 Å². The van der Waals surface area contributed by atoms with Gasteiger partial charge in [-0.1, -0.05) is 17.3 Å². The summed E-state index contributed by atoms with van der Waals surface area (Å²) in [6.07, 6.45) is 11.3. The predicted molar refractivity (Wildman–Crippen MR) is 231 cm³/mol. The zero-order valence-electron chi connectivity index (χ0n) is 34.7. The number of aliphatic hydroxyl groups excluding tert-OH is 1. The van der Waals surface area contributed by atoms with Crippen molar-refractivity contribution in [2.24, 2.45) is 11.7 Å². The molecule has 4 amide bonds. The van der Waals surface area contributed by atoms with Crippen LogP contribution in [0.25, 0.3) is 21.9 Å². The van der Waals surface area contributed by atoms with E-state index in [0.29, 0.717) is 54.5 Å². The lowest BCUT2D eigenvalue weighted by Gasteiger charge is -2.37. The standard InChI is InChI=1S/C45H55N11O5/c1-53-19-20-56(45(53)60)31-3-2-16-55(25-31)36-23-48-41(42(46)58)43(50-36)49-30-8-6-27(7-9-30)28-13-17-54(18-14-28)24-26-4-5-29(21-26)34-22-35-38(32-12-15-47-39(32)34)40(52-61-35)33-10-11-37(57)51-44(33)59/h6-9,12,15,22-23,26,28-29,31,33,37,47,57H,2-5,10-11,13-14,16-21,24-25H2,1H3,(H2,46,58)(H,49,50)(H,51,59)/t26?,29?,31-,33?,37?/m1/s1. The smallest absolute Gasteiger partial charge is 0.320 e. The van der Waals surface area contributed by atoms with Crippen LogP contribution in [0.3, 0.4) is 0 Å². The van der Waals surface area contributed by atoms with Crippen molar-refractivity contribution in [2.45, 2.75) is 87.8 Å². The topological polar surface area (TPSA) is 202 Å². The van der Waals surface area contributed by atoms with Crippen molar-refractivity contribution in [3.8, 4) is 0 Å². The van der Waals surface area contributed by atoms with Crippen LogP contribution in [0.5, 0.6) is 0 Å². The quantitative estimate of drug-likeness (QED) is 0.121. The molecule has 3 aromatic heterocycles. The van der Waals surface area contributed by atoms with Crippen molar-refractivity contribution in [1.29, 1.82) is 0 Å². The Labute approximate surface area is 354 Å². The summed E-state index contributed by atoms with van der Waals surface area (Å²) in [5, 5.41) is 22.2. The Kier molecular flexibility index (Phi) is 10.5. The number of nitrogens with one attached hydrogen (secondary N) is 3. The van der Waals surface area contributed by atoms with Crippen LogP contribution in [0.1, 0.15) is 103 Å². The minimum absolute atomic E-state index is 0.0719. The first-order valence-corrected chi connectivity index (χ1v) is 22.1. The van der Waals surface area contributed by atoms with Crippen molar-refractivity contribution in [1.82, 2.24) is 40.1 Å². The first-order chi connectivity index (χ1) is 29.7. The van der Waals surface area contributed by atoms with E-state index >= 15 is 0 Å². The fourth-order valence-electron chi connectivity index (χ4n) is 10.9. The van der Waals surface area contributed by atoms with Gasteiger partial charge in [-0.15, -0.1) is 0 Å². The number of nitrogens with two attached hydrogens (primary N) is 1. The number of benzene rings is 2. The number of piperidine rings is 3. The average molecular weight is 830 g/mol. The Bertz CT molecular complexity index is 2440. The molecule has 1 aliphatic carbocycles. The lowest BCUT2D eigenvalue weighted by Crippen LogP contribution is -2.49. The van der Waals surface area contributed by atoms with Crippen molar-refractivity contribution in [3.63, 3.8) is 0 Å². The minimum atomic E-state index is -0.810. The van der Waals surface area contributed by atoms with E-state index in [4.69, 9.17) is 15.2 Å². The number of hydrogen-bond donors (Lipinski definition) is 5. The lowest BCUT2D eigenvalue weighted by atomic mass is 9.88. The number of carbonyl (C=O) groups excluding carboxylic acids is 3. The molecule has 5 fully saturated rings. The van der Waals surface area contributed by atoms with E-state index in [2.05, 4.69) is 59.8 Å². The number of anilines is 3. The fourth-order valence-corrected chi connectivity index (χ4v) is 10.9. The number of carbonyl (C=O) groups is 3. The van der Waals surface area contributed by atoms with Crippen molar-refractivity contribution >= 4 is 57.0 Å². The van der Waals surface area contributed by atoms with E-state index in [1.54, 1.807) is 11.1 Å². The van der Waals surface area contributed by atoms with Gasteiger partial charge >= 0.3 is 6.03 Å². The number of urea groups is 1. The van der Waals surface area contributed by atoms with Gasteiger partial charge in [0.2, 0.25) is 5.91 Å².